The van der Waals surface area contributed by atoms with E-state index in [0.29, 0.717) is 13.0 Å². The summed E-state index contributed by atoms with van der Waals surface area (Å²) in [7, 11) is -4.32. The summed E-state index contributed by atoms with van der Waals surface area (Å²) < 4.78 is 43.9. The number of anilines is 1. The lowest BCUT2D eigenvalue weighted by Gasteiger charge is -2.32. The number of amides is 2. The van der Waals surface area contributed by atoms with Gasteiger partial charge in [-0.2, -0.15) is 0 Å². The molecule has 0 saturated heterocycles. The molecule has 1 N–H and O–H groups in total. The first-order valence-corrected chi connectivity index (χ1v) is 14.4. The van der Waals surface area contributed by atoms with Gasteiger partial charge in [0.15, 0.2) is 0 Å². The van der Waals surface area contributed by atoms with Crippen molar-refractivity contribution in [2.24, 2.45) is 0 Å². The predicted molar refractivity (Wildman–Crippen MR) is 150 cm³/mol. The zero-order chi connectivity index (χ0) is 27.9. The number of hydrogen-bond acceptors (Lipinski definition) is 4. The summed E-state index contributed by atoms with van der Waals surface area (Å²) >= 11 is 3.41. The van der Waals surface area contributed by atoms with E-state index >= 15 is 0 Å². The summed E-state index contributed by atoms with van der Waals surface area (Å²) in [6, 6.07) is 17.8. The zero-order valence-electron chi connectivity index (χ0n) is 21.5. The van der Waals surface area contributed by atoms with Crippen LogP contribution in [0.2, 0.25) is 0 Å². The van der Waals surface area contributed by atoms with Gasteiger partial charge in [-0.15, -0.1) is 0 Å². The number of nitrogens with zero attached hydrogens (tertiary/aromatic N) is 2. The fourth-order valence-corrected chi connectivity index (χ4v) is 5.68. The van der Waals surface area contributed by atoms with Crippen molar-refractivity contribution in [3.05, 3.63) is 94.2 Å². The number of carbonyl (C=O) groups is 2. The second kappa shape index (κ2) is 13.0. The van der Waals surface area contributed by atoms with Crippen molar-refractivity contribution in [1.29, 1.82) is 0 Å². The lowest BCUT2D eigenvalue weighted by molar-refractivity contribution is -0.139. The molecule has 0 fully saturated rings. The summed E-state index contributed by atoms with van der Waals surface area (Å²) in [4.78, 5) is 27.9. The molecule has 3 aromatic rings. The molecule has 0 unspecified atom stereocenters. The summed E-state index contributed by atoms with van der Waals surface area (Å²) in [6.45, 7) is 5.11. The van der Waals surface area contributed by atoms with Gasteiger partial charge < -0.3 is 10.2 Å². The van der Waals surface area contributed by atoms with Crippen molar-refractivity contribution in [3.63, 3.8) is 0 Å². The van der Waals surface area contributed by atoms with Gasteiger partial charge >= 0.3 is 0 Å². The number of halogens is 2. The molecule has 38 heavy (non-hydrogen) atoms. The average Bonchev–Trinajstić information content (AvgIpc) is 2.89. The predicted octanol–water partition coefficient (Wildman–Crippen LogP) is 5.04. The highest BCUT2D eigenvalue weighted by molar-refractivity contribution is 9.10. The molecular weight excluding hydrogens is 573 g/mol. The zero-order valence-corrected chi connectivity index (χ0v) is 23.9. The van der Waals surface area contributed by atoms with Gasteiger partial charge in [-0.25, -0.2) is 12.8 Å². The van der Waals surface area contributed by atoms with Crippen LogP contribution in [-0.4, -0.2) is 44.3 Å². The average molecular weight is 605 g/mol. The molecule has 7 nitrogen and oxygen atoms in total. The number of carbonyl (C=O) groups excluding carboxylic acids is 2. The number of aryl methyl sites for hydroxylation is 1. The number of nitrogens with one attached hydrogen (secondary N) is 1. The largest absolute Gasteiger partial charge is 0.354 e. The monoisotopic (exact) mass is 603 g/mol. The van der Waals surface area contributed by atoms with Gasteiger partial charge in [-0.3, -0.25) is 13.9 Å². The van der Waals surface area contributed by atoms with E-state index in [-0.39, 0.29) is 23.0 Å². The Morgan fingerprint density at radius 1 is 1.03 bits per heavy atom. The second-order valence-electron chi connectivity index (χ2n) is 8.89. The Kier molecular flexibility index (Phi) is 10.0. The molecule has 0 aliphatic heterocycles. The highest BCUT2D eigenvalue weighted by Gasteiger charge is 2.33. The summed E-state index contributed by atoms with van der Waals surface area (Å²) in [5, 5.41) is 2.79. The van der Waals surface area contributed by atoms with E-state index in [4.69, 9.17) is 0 Å². The molecule has 0 aromatic heterocycles. The van der Waals surface area contributed by atoms with Crippen LogP contribution in [0.3, 0.4) is 0 Å². The number of para-hydroxylation sites is 1. The molecule has 0 bridgehead atoms. The standard InChI is InChI=1S/C28H31BrFN3O4S/c1-4-16-31-28(35)21(3)32(18-22-8-7-9-23(29)17-22)27(34)19-33(26-11-6-5-10-25(26)30)38(36,37)24-14-12-20(2)13-15-24/h5-15,17,21H,4,16,18-19H2,1-3H3,(H,31,35)/t21-/m0/s1. The van der Waals surface area contributed by atoms with E-state index in [9.17, 15) is 22.4 Å². The Morgan fingerprint density at radius 2 is 1.71 bits per heavy atom. The minimum atomic E-state index is -4.32. The number of hydrogen-bond donors (Lipinski definition) is 1. The van der Waals surface area contributed by atoms with Crippen LogP contribution in [0.25, 0.3) is 0 Å². The van der Waals surface area contributed by atoms with Crippen LogP contribution >= 0.6 is 15.9 Å². The minimum Gasteiger partial charge on any atom is -0.354 e. The number of rotatable bonds is 11. The van der Waals surface area contributed by atoms with Crippen molar-refractivity contribution < 1.29 is 22.4 Å². The van der Waals surface area contributed by atoms with Crippen molar-refractivity contribution in [2.75, 3.05) is 17.4 Å². The van der Waals surface area contributed by atoms with Crippen LogP contribution in [0, 0.1) is 12.7 Å². The molecule has 2 amide bonds. The maximum Gasteiger partial charge on any atom is 0.264 e. The maximum absolute atomic E-state index is 14.9. The van der Waals surface area contributed by atoms with Gasteiger partial charge in [0.25, 0.3) is 10.0 Å². The maximum atomic E-state index is 14.9. The topological polar surface area (TPSA) is 86.8 Å². The molecule has 10 heteroatoms. The van der Waals surface area contributed by atoms with Gasteiger partial charge in [0.2, 0.25) is 11.8 Å². The summed E-state index contributed by atoms with van der Waals surface area (Å²) in [5.41, 5.74) is 1.33. The lowest BCUT2D eigenvalue weighted by atomic mass is 10.1. The van der Waals surface area contributed by atoms with E-state index in [2.05, 4.69) is 21.2 Å². The Morgan fingerprint density at radius 3 is 2.34 bits per heavy atom. The minimum absolute atomic E-state index is 0.0503. The van der Waals surface area contributed by atoms with E-state index in [1.807, 2.05) is 26.0 Å². The smallest absolute Gasteiger partial charge is 0.264 e. The summed E-state index contributed by atoms with van der Waals surface area (Å²) in [6.07, 6.45) is 0.716. The van der Waals surface area contributed by atoms with Crippen LogP contribution in [-0.2, 0) is 26.2 Å². The Bertz CT molecular complexity index is 1380. The lowest BCUT2D eigenvalue weighted by Crippen LogP contribution is -2.51. The molecule has 1 atom stereocenters. The van der Waals surface area contributed by atoms with Crippen LogP contribution < -0.4 is 9.62 Å². The SMILES string of the molecule is CCCNC(=O)[C@H](C)N(Cc1cccc(Br)c1)C(=O)CN(c1ccccc1F)S(=O)(=O)c1ccc(C)cc1. The van der Waals surface area contributed by atoms with Crippen molar-refractivity contribution in [2.45, 2.75) is 44.7 Å². The number of sulfonamides is 1. The first kappa shape index (κ1) is 29.3. The molecule has 202 valence electrons. The third kappa shape index (κ3) is 7.20. The molecule has 0 radical (unpaired) electrons. The van der Waals surface area contributed by atoms with E-state index in [1.165, 1.54) is 35.2 Å². The third-order valence-electron chi connectivity index (χ3n) is 5.97. The van der Waals surface area contributed by atoms with Crippen LogP contribution in [0.1, 0.15) is 31.4 Å². The molecule has 0 spiro atoms. The summed E-state index contributed by atoms with van der Waals surface area (Å²) in [5.74, 6) is -1.81. The highest BCUT2D eigenvalue weighted by atomic mass is 79.9. The third-order valence-corrected chi connectivity index (χ3v) is 8.23. The molecule has 0 aliphatic rings. The molecule has 0 heterocycles. The molecule has 0 saturated carbocycles. The van der Waals surface area contributed by atoms with Gasteiger partial charge in [-0.1, -0.05) is 64.8 Å². The van der Waals surface area contributed by atoms with Crippen molar-refractivity contribution in [3.8, 4) is 0 Å². The fraction of sp³-hybridized carbons (Fsp3) is 0.286. The molecule has 0 aliphatic carbocycles. The van der Waals surface area contributed by atoms with E-state index < -0.39 is 34.3 Å². The molecular formula is C28H31BrFN3O4S. The fourth-order valence-electron chi connectivity index (χ4n) is 3.82. The van der Waals surface area contributed by atoms with Gasteiger partial charge in [-0.05, 0) is 62.2 Å². The van der Waals surface area contributed by atoms with Gasteiger partial charge in [0.1, 0.15) is 18.4 Å². The van der Waals surface area contributed by atoms with Crippen LogP contribution in [0.4, 0.5) is 10.1 Å². The first-order chi connectivity index (χ1) is 18.0. The van der Waals surface area contributed by atoms with Crippen LogP contribution in [0.5, 0.6) is 0 Å². The normalized spacial score (nSPS) is 12.0. The van der Waals surface area contributed by atoms with Crippen LogP contribution in [0.15, 0.2) is 82.2 Å². The molecule has 3 aromatic carbocycles. The second-order valence-corrected chi connectivity index (χ2v) is 11.7. The quantitative estimate of drug-likeness (QED) is 0.333. The Hall–Kier alpha value is -3.24. The van der Waals surface area contributed by atoms with Crippen molar-refractivity contribution in [1.82, 2.24) is 10.2 Å². The highest BCUT2D eigenvalue weighted by Crippen LogP contribution is 2.27. The van der Waals surface area contributed by atoms with Gasteiger partial charge in [0.05, 0.1) is 10.6 Å². The Labute approximate surface area is 231 Å². The van der Waals surface area contributed by atoms with Gasteiger partial charge in [0, 0.05) is 17.6 Å². The Balaban J connectivity index is 2.03. The van der Waals surface area contributed by atoms with E-state index in [1.54, 1.807) is 31.2 Å². The van der Waals surface area contributed by atoms with Crippen molar-refractivity contribution >= 4 is 43.5 Å². The first-order valence-electron chi connectivity index (χ1n) is 12.2. The molecule has 3 rings (SSSR count). The van der Waals surface area contributed by atoms with E-state index in [0.717, 1.165) is 26.0 Å². The number of benzene rings is 3.